The van der Waals surface area contributed by atoms with Crippen LogP contribution in [-0.4, -0.2) is 56.9 Å². The monoisotopic (exact) mass is 420 g/mol. The summed E-state index contributed by atoms with van der Waals surface area (Å²) in [6.07, 6.45) is 6.32. The minimum atomic E-state index is -3.44. The summed E-state index contributed by atoms with van der Waals surface area (Å²) < 4.78 is 26.8. The number of rotatable bonds is 6. The van der Waals surface area contributed by atoms with E-state index in [0.29, 0.717) is 32.1 Å². The van der Waals surface area contributed by atoms with E-state index in [9.17, 15) is 13.2 Å². The molecular formula is C22H34N3O3S+. The van der Waals surface area contributed by atoms with Gasteiger partial charge in [-0.2, -0.15) is 4.31 Å². The maximum atomic E-state index is 12.7. The Morgan fingerprint density at radius 3 is 2.48 bits per heavy atom. The lowest BCUT2D eigenvalue weighted by Gasteiger charge is -2.35. The molecule has 7 heteroatoms. The second kappa shape index (κ2) is 9.87. The van der Waals surface area contributed by atoms with Crippen molar-refractivity contribution >= 4 is 22.0 Å². The Bertz CT molecular complexity index is 802. The number of nitrogens with one attached hydrogen (secondary N) is 2. The SMILES string of the molecule is C[C@@H]1CCCC[C@@H]1NC(=O)[C@@H](C)[NH+]1CCN(S(=O)(=O)/C=C/c2ccccc2)CC1. The number of carbonyl (C=O) groups excluding carboxylic acids is 1. The van der Waals surface area contributed by atoms with Crippen molar-refractivity contribution in [2.75, 3.05) is 26.2 Å². The van der Waals surface area contributed by atoms with Crippen molar-refractivity contribution in [2.45, 2.75) is 51.6 Å². The highest BCUT2D eigenvalue weighted by molar-refractivity contribution is 7.92. The first-order valence-corrected chi connectivity index (χ1v) is 12.3. The van der Waals surface area contributed by atoms with E-state index in [2.05, 4.69) is 12.2 Å². The van der Waals surface area contributed by atoms with Crippen molar-refractivity contribution in [3.63, 3.8) is 0 Å². The van der Waals surface area contributed by atoms with Gasteiger partial charge in [-0.15, -0.1) is 0 Å². The third kappa shape index (κ3) is 5.90. The van der Waals surface area contributed by atoms with Crippen molar-refractivity contribution in [2.24, 2.45) is 5.92 Å². The number of nitrogens with zero attached hydrogens (tertiary/aromatic N) is 1. The standard InChI is InChI=1S/C22H33N3O3S/c1-18-8-6-7-11-21(18)23-22(26)19(2)24-13-15-25(16-14-24)29(27,28)17-12-20-9-4-3-5-10-20/h3-5,9-10,12,17-19,21H,6-8,11,13-16H2,1-2H3,(H,23,26)/p+1/b17-12+/t18-,19-,21+/m1/s1. The molecule has 2 fully saturated rings. The molecule has 1 aromatic rings. The number of carbonyl (C=O) groups is 1. The topological polar surface area (TPSA) is 70.9 Å². The summed E-state index contributed by atoms with van der Waals surface area (Å²) in [6.45, 7) is 6.34. The molecule has 1 amide bonds. The highest BCUT2D eigenvalue weighted by Crippen LogP contribution is 2.23. The highest BCUT2D eigenvalue weighted by atomic mass is 32.2. The summed E-state index contributed by atoms with van der Waals surface area (Å²) in [5.41, 5.74) is 0.863. The minimum Gasteiger partial charge on any atom is -0.348 e. The van der Waals surface area contributed by atoms with Crippen LogP contribution in [-0.2, 0) is 14.8 Å². The summed E-state index contributed by atoms with van der Waals surface area (Å²) in [5.74, 6) is 0.632. The maximum absolute atomic E-state index is 12.7. The molecule has 2 aliphatic rings. The summed E-state index contributed by atoms with van der Waals surface area (Å²) in [6, 6.07) is 9.55. The predicted molar refractivity (Wildman–Crippen MR) is 116 cm³/mol. The largest absolute Gasteiger partial charge is 0.348 e. The number of benzene rings is 1. The normalized spacial score (nSPS) is 25.7. The van der Waals surface area contributed by atoms with Gasteiger partial charge in [0.1, 0.15) is 0 Å². The number of piperazine rings is 1. The fraction of sp³-hybridized carbons (Fsp3) is 0.591. The van der Waals surface area contributed by atoms with Crippen LogP contribution in [0, 0.1) is 5.92 Å². The van der Waals surface area contributed by atoms with Crippen LogP contribution in [0.5, 0.6) is 0 Å². The first kappa shape index (κ1) is 22.0. The fourth-order valence-electron chi connectivity index (χ4n) is 4.30. The molecule has 1 aromatic carbocycles. The van der Waals surface area contributed by atoms with Crippen LogP contribution >= 0.6 is 0 Å². The zero-order valence-electron chi connectivity index (χ0n) is 17.5. The highest BCUT2D eigenvalue weighted by Gasteiger charge is 2.34. The third-order valence-corrected chi connectivity index (χ3v) is 7.97. The van der Waals surface area contributed by atoms with E-state index in [1.54, 1.807) is 6.08 Å². The van der Waals surface area contributed by atoms with E-state index in [1.807, 2.05) is 37.3 Å². The van der Waals surface area contributed by atoms with Gasteiger partial charge in [-0.25, -0.2) is 8.42 Å². The van der Waals surface area contributed by atoms with Crippen LogP contribution in [0.25, 0.3) is 6.08 Å². The Morgan fingerprint density at radius 1 is 1.17 bits per heavy atom. The molecule has 0 spiro atoms. The Balaban J connectivity index is 1.51. The molecule has 1 saturated heterocycles. The van der Waals surface area contributed by atoms with Crippen molar-refractivity contribution in [1.29, 1.82) is 0 Å². The molecule has 1 saturated carbocycles. The lowest BCUT2D eigenvalue weighted by atomic mass is 9.86. The molecule has 1 aliphatic heterocycles. The van der Waals surface area contributed by atoms with E-state index in [-0.39, 0.29) is 18.0 Å². The fourth-order valence-corrected chi connectivity index (χ4v) is 5.49. The molecular weight excluding hydrogens is 386 g/mol. The van der Waals surface area contributed by atoms with Gasteiger partial charge in [-0.3, -0.25) is 4.79 Å². The van der Waals surface area contributed by atoms with E-state index in [0.717, 1.165) is 16.9 Å². The molecule has 2 N–H and O–H groups in total. The molecule has 6 nitrogen and oxygen atoms in total. The summed E-state index contributed by atoms with van der Waals surface area (Å²) in [4.78, 5) is 13.9. The first-order chi connectivity index (χ1) is 13.9. The average Bonchev–Trinajstić information content (AvgIpc) is 2.74. The number of hydrogen-bond donors (Lipinski definition) is 2. The molecule has 1 aliphatic carbocycles. The molecule has 0 bridgehead atoms. The molecule has 160 valence electrons. The van der Waals surface area contributed by atoms with Gasteiger partial charge in [-0.05, 0) is 37.3 Å². The number of amides is 1. The third-order valence-electron chi connectivity index (χ3n) is 6.40. The van der Waals surface area contributed by atoms with Crippen molar-refractivity contribution < 1.29 is 18.1 Å². The second-order valence-electron chi connectivity index (χ2n) is 8.41. The number of sulfonamides is 1. The van der Waals surface area contributed by atoms with Gasteiger partial charge in [0.15, 0.2) is 6.04 Å². The summed E-state index contributed by atoms with van der Waals surface area (Å²) >= 11 is 0. The molecule has 0 aromatic heterocycles. The van der Waals surface area contributed by atoms with E-state index in [1.165, 1.54) is 29.0 Å². The van der Waals surface area contributed by atoms with Gasteiger partial charge in [0.25, 0.3) is 5.91 Å². The zero-order chi connectivity index (χ0) is 20.9. The zero-order valence-corrected chi connectivity index (χ0v) is 18.3. The average molecular weight is 421 g/mol. The van der Waals surface area contributed by atoms with Gasteiger partial charge in [-0.1, -0.05) is 50.1 Å². The van der Waals surface area contributed by atoms with Crippen molar-refractivity contribution in [1.82, 2.24) is 9.62 Å². The van der Waals surface area contributed by atoms with E-state index < -0.39 is 10.0 Å². The van der Waals surface area contributed by atoms with Crippen LogP contribution in [0.2, 0.25) is 0 Å². The molecule has 3 atom stereocenters. The smallest absolute Gasteiger partial charge is 0.278 e. The van der Waals surface area contributed by atoms with E-state index >= 15 is 0 Å². The molecule has 0 unspecified atom stereocenters. The minimum absolute atomic E-state index is 0.0963. The van der Waals surface area contributed by atoms with Gasteiger partial charge < -0.3 is 10.2 Å². The first-order valence-electron chi connectivity index (χ1n) is 10.7. The van der Waals surface area contributed by atoms with Crippen LogP contribution in [0.4, 0.5) is 0 Å². The molecule has 0 radical (unpaired) electrons. The van der Waals surface area contributed by atoms with Gasteiger partial charge in [0, 0.05) is 11.4 Å². The number of quaternary nitrogens is 1. The van der Waals surface area contributed by atoms with Crippen LogP contribution in [0.1, 0.15) is 45.1 Å². The van der Waals surface area contributed by atoms with E-state index in [4.69, 9.17) is 0 Å². The van der Waals surface area contributed by atoms with Crippen molar-refractivity contribution in [3.8, 4) is 0 Å². The lowest BCUT2D eigenvalue weighted by molar-refractivity contribution is -0.917. The Labute approximate surface area is 175 Å². The lowest BCUT2D eigenvalue weighted by Crippen LogP contribution is -3.19. The van der Waals surface area contributed by atoms with Crippen LogP contribution in [0.3, 0.4) is 0 Å². The predicted octanol–water partition coefficient (Wildman–Crippen LogP) is 1.27. The van der Waals surface area contributed by atoms with Crippen LogP contribution in [0.15, 0.2) is 35.7 Å². The van der Waals surface area contributed by atoms with Crippen LogP contribution < -0.4 is 10.2 Å². The Kier molecular flexibility index (Phi) is 7.49. The van der Waals surface area contributed by atoms with Gasteiger partial charge in [0.2, 0.25) is 10.0 Å². The molecule has 29 heavy (non-hydrogen) atoms. The molecule has 3 rings (SSSR count). The summed E-state index contributed by atoms with van der Waals surface area (Å²) in [7, 11) is -3.44. The number of hydrogen-bond acceptors (Lipinski definition) is 3. The van der Waals surface area contributed by atoms with Gasteiger partial charge >= 0.3 is 0 Å². The summed E-state index contributed by atoms with van der Waals surface area (Å²) in [5, 5.41) is 4.53. The second-order valence-corrected chi connectivity index (χ2v) is 10.2. The maximum Gasteiger partial charge on any atom is 0.278 e. The molecule has 1 heterocycles. The Hall–Kier alpha value is -1.70. The van der Waals surface area contributed by atoms with Gasteiger partial charge in [0.05, 0.1) is 26.2 Å². The van der Waals surface area contributed by atoms with Crippen molar-refractivity contribution in [3.05, 3.63) is 41.3 Å². The quantitative estimate of drug-likeness (QED) is 0.728. The Morgan fingerprint density at radius 2 is 1.83 bits per heavy atom.